The minimum atomic E-state index is 0.305. The van der Waals surface area contributed by atoms with Crippen LogP contribution in [0.3, 0.4) is 0 Å². The molecule has 1 atom stereocenters. The molecule has 18 heavy (non-hydrogen) atoms. The summed E-state index contributed by atoms with van der Waals surface area (Å²) in [7, 11) is 0. The first-order valence-electron chi connectivity index (χ1n) is 6.99. The predicted octanol–water partition coefficient (Wildman–Crippen LogP) is 2.05. The third-order valence-electron chi connectivity index (χ3n) is 3.85. The molecule has 1 aliphatic heterocycles. The summed E-state index contributed by atoms with van der Waals surface area (Å²) < 4.78 is 0. The molecule has 1 saturated heterocycles. The molecular formula is C15H24N2O. The maximum Gasteiger partial charge on any atom is 0.0445 e. The number of hydrogen-bond donors (Lipinski definition) is 2. The average molecular weight is 248 g/mol. The van der Waals surface area contributed by atoms with Crippen LogP contribution in [-0.2, 0) is 6.42 Å². The van der Waals surface area contributed by atoms with Crippen molar-refractivity contribution in [1.82, 2.24) is 4.90 Å². The van der Waals surface area contributed by atoms with Crippen LogP contribution in [0, 0.1) is 0 Å². The number of aliphatic hydroxyl groups excluding tert-OH is 1. The maximum atomic E-state index is 9.11. The van der Waals surface area contributed by atoms with Crippen LogP contribution in [0.15, 0.2) is 24.3 Å². The van der Waals surface area contributed by atoms with E-state index in [1.54, 1.807) is 0 Å². The molecule has 1 aromatic rings. The average Bonchev–Trinajstić information content (AvgIpc) is 2.38. The number of anilines is 1. The largest absolute Gasteiger partial charge is 0.399 e. The van der Waals surface area contributed by atoms with Gasteiger partial charge in [-0.15, -0.1) is 0 Å². The molecule has 0 bridgehead atoms. The van der Waals surface area contributed by atoms with Crippen LogP contribution in [0.5, 0.6) is 0 Å². The number of piperidine rings is 1. The highest BCUT2D eigenvalue weighted by atomic mass is 16.3. The summed E-state index contributed by atoms with van der Waals surface area (Å²) in [5.41, 5.74) is 7.95. The van der Waals surface area contributed by atoms with E-state index in [2.05, 4.69) is 17.0 Å². The van der Waals surface area contributed by atoms with Crippen molar-refractivity contribution >= 4 is 5.69 Å². The van der Waals surface area contributed by atoms with E-state index in [1.807, 2.05) is 12.1 Å². The molecule has 1 unspecified atom stereocenters. The normalized spacial score (nSPS) is 21.1. The fraction of sp³-hybridized carbons (Fsp3) is 0.600. The van der Waals surface area contributed by atoms with Gasteiger partial charge < -0.3 is 10.8 Å². The van der Waals surface area contributed by atoms with Crippen molar-refractivity contribution in [3.63, 3.8) is 0 Å². The Morgan fingerprint density at radius 2 is 2.22 bits per heavy atom. The van der Waals surface area contributed by atoms with Crippen LogP contribution >= 0.6 is 0 Å². The van der Waals surface area contributed by atoms with Crippen LogP contribution in [0.1, 0.15) is 31.2 Å². The van der Waals surface area contributed by atoms with Crippen LogP contribution in [0.4, 0.5) is 5.69 Å². The zero-order chi connectivity index (χ0) is 12.8. The molecule has 100 valence electrons. The lowest BCUT2D eigenvalue weighted by atomic mass is 9.99. The maximum absolute atomic E-state index is 9.11. The van der Waals surface area contributed by atoms with Crippen molar-refractivity contribution in [2.75, 3.05) is 25.4 Å². The highest BCUT2D eigenvalue weighted by Gasteiger charge is 2.21. The number of likely N-dealkylation sites (tertiary alicyclic amines) is 1. The van der Waals surface area contributed by atoms with E-state index >= 15 is 0 Å². The molecule has 1 aromatic carbocycles. The van der Waals surface area contributed by atoms with Gasteiger partial charge in [-0.2, -0.15) is 0 Å². The third-order valence-corrected chi connectivity index (χ3v) is 3.85. The molecule has 1 heterocycles. The lowest BCUT2D eigenvalue weighted by Crippen LogP contribution is -2.41. The van der Waals surface area contributed by atoms with Gasteiger partial charge in [0.1, 0.15) is 0 Å². The second-order valence-electron chi connectivity index (χ2n) is 5.19. The first-order valence-corrected chi connectivity index (χ1v) is 6.99. The Kier molecular flexibility index (Phi) is 5.02. The summed E-state index contributed by atoms with van der Waals surface area (Å²) in [5.74, 6) is 0. The number of nitrogens with two attached hydrogens (primary N) is 1. The second-order valence-corrected chi connectivity index (χ2v) is 5.19. The van der Waals surface area contributed by atoms with E-state index in [9.17, 15) is 0 Å². The number of nitrogens with zero attached hydrogens (tertiary/aromatic N) is 1. The van der Waals surface area contributed by atoms with Gasteiger partial charge in [0.05, 0.1) is 0 Å². The van der Waals surface area contributed by atoms with E-state index in [0.717, 1.165) is 25.1 Å². The zero-order valence-corrected chi connectivity index (χ0v) is 11.0. The van der Waals surface area contributed by atoms with Crippen LogP contribution < -0.4 is 5.73 Å². The number of benzene rings is 1. The molecule has 0 saturated carbocycles. The van der Waals surface area contributed by atoms with E-state index < -0.39 is 0 Å². The fourth-order valence-corrected chi connectivity index (χ4v) is 2.85. The minimum absolute atomic E-state index is 0.305. The number of rotatable bonds is 5. The first kappa shape index (κ1) is 13.4. The van der Waals surface area contributed by atoms with Gasteiger partial charge >= 0.3 is 0 Å². The third kappa shape index (κ3) is 3.72. The Bertz CT molecular complexity index is 365. The van der Waals surface area contributed by atoms with E-state index in [-0.39, 0.29) is 0 Å². The molecule has 0 spiro atoms. The van der Waals surface area contributed by atoms with Crippen molar-refractivity contribution in [2.45, 2.75) is 38.1 Å². The van der Waals surface area contributed by atoms with Crippen LogP contribution in [-0.4, -0.2) is 35.7 Å². The molecule has 1 aliphatic rings. The molecule has 0 aliphatic carbocycles. The molecule has 2 rings (SSSR count). The van der Waals surface area contributed by atoms with Gasteiger partial charge in [0, 0.05) is 24.9 Å². The minimum Gasteiger partial charge on any atom is -0.399 e. The molecule has 3 heteroatoms. The number of aliphatic hydroxyl groups is 1. The SMILES string of the molecule is Nc1cccc(CCN2CCCCC2CCO)c1. The summed E-state index contributed by atoms with van der Waals surface area (Å²) in [6, 6.07) is 8.72. The van der Waals surface area contributed by atoms with Crippen LogP contribution in [0.2, 0.25) is 0 Å². The summed E-state index contributed by atoms with van der Waals surface area (Å²) in [6.45, 7) is 2.56. The first-order chi connectivity index (χ1) is 8.79. The summed E-state index contributed by atoms with van der Waals surface area (Å²) >= 11 is 0. The molecular weight excluding hydrogens is 224 g/mol. The van der Waals surface area contributed by atoms with Crippen molar-refractivity contribution in [3.8, 4) is 0 Å². The number of nitrogen functional groups attached to an aromatic ring is 1. The highest BCUT2D eigenvalue weighted by Crippen LogP contribution is 2.20. The van der Waals surface area contributed by atoms with E-state index in [1.165, 1.54) is 31.4 Å². The smallest absolute Gasteiger partial charge is 0.0445 e. The molecule has 0 aromatic heterocycles. The molecule has 3 nitrogen and oxygen atoms in total. The van der Waals surface area contributed by atoms with Gasteiger partial charge in [0.25, 0.3) is 0 Å². The topological polar surface area (TPSA) is 49.5 Å². The number of hydrogen-bond acceptors (Lipinski definition) is 3. The van der Waals surface area contributed by atoms with Gasteiger partial charge in [-0.3, -0.25) is 4.90 Å². The lowest BCUT2D eigenvalue weighted by Gasteiger charge is -2.35. The summed E-state index contributed by atoms with van der Waals surface area (Å²) in [4.78, 5) is 2.53. The van der Waals surface area contributed by atoms with Crippen molar-refractivity contribution in [1.29, 1.82) is 0 Å². The Hall–Kier alpha value is -1.06. The standard InChI is InChI=1S/C15H24N2O/c16-14-5-3-4-13(12-14)7-10-17-9-2-1-6-15(17)8-11-18/h3-5,12,15,18H,1-2,6-11,16H2. The van der Waals surface area contributed by atoms with Crippen molar-refractivity contribution in [3.05, 3.63) is 29.8 Å². The van der Waals surface area contributed by atoms with Gasteiger partial charge in [-0.25, -0.2) is 0 Å². The quantitative estimate of drug-likeness (QED) is 0.784. The van der Waals surface area contributed by atoms with Gasteiger partial charge in [0.2, 0.25) is 0 Å². The Morgan fingerprint density at radius 1 is 1.33 bits per heavy atom. The van der Waals surface area contributed by atoms with Gasteiger partial charge in [0.15, 0.2) is 0 Å². The molecule has 1 fully saturated rings. The van der Waals surface area contributed by atoms with E-state index in [4.69, 9.17) is 10.8 Å². The van der Waals surface area contributed by atoms with Crippen molar-refractivity contribution in [2.24, 2.45) is 0 Å². The van der Waals surface area contributed by atoms with Gasteiger partial charge in [-0.1, -0.05) is 18.6 Å². The predicted molar refractivity (Wildman–Crippen MR) is 75.5 cm³/mol. The Labute approximate surface area is 110 Å². The molecule has 0 amide bonds. The summed E-state index contributed by atoms with van der Waals surface area (Å²) in [5, 5.41) is 9.11. The van der Waals surface area contributed by atoms with Gasteiger partial charge in [-0.05, 0) is 49.9 Å². The Balaban J connectivity index is 1.87. The molecule has 0 radical (unpaired) electrons. The van der Waals surface area contributed by atoms with E-state index in [0.29, 0.717) is 12.6 Å². The highest BCUT2D eigenvalue weighted by molar-refractivity contribution is 5.40. The lowest BCUT2D eigenvalue weighted by molar-refractivity contribution is 0.120. The Morgan fingerprint density at radius 3 is 3.00 bits per heavy atom. The fourth-order valence-electron chi connectivity index (χ4n) is 2.85. The van der Waals surface area contributed by atoms with Crippen molar-refractivity contribution < 1.29 is 5.11 Å². The molecule has 3 N–H and O–H groups in total. The van der Waals surface area contributed by atoms with Crippen LogP contribution in [0.25, 0.3) is 0 Å². The second kappa shape index (κ2) is 6.76. The zero-order valence-electron chi connectivity index (χ0n) is 11.0. The summed E-state index contributed by atoms with van der Waals surface area (Å²) in [6.07, 6.45) is 5.79. The monoisotopic (exact) mass is 248 g/mol.